The van der Waals surface area contributed by atoms with Gasteiger partial charge in [-0.3, -0.25) is 0 Å². The predicted octanol–water partition coefficient (Wildman–Crippen LogP) is 3.43. The lowest BCUT2D eigenvalue weighted by Crippen LogP contribution is -2.05. The number of nitrogens with one attached hydrogen (secondary N) is 1. The fourth-order valence-corrected chi connectivity index (χ4v) is 1.78. The first-order valence-electron chi connectivity index (χ1n) is 5.74. The zero-order chi connectivity index (χ0) is 11.4. The van der Waals surface area contributed by atoms with Crippen LogP contribution < -0.4 is 5.32 Å². The van der Waals surface area contributed by atoms with Gasteiger partial charge < -0.3 is 9.88 Å². The molecule has 2 heteroatoms. The molecule has 0 radical (unpaired) electrons. The Morgan fingerprint density at radius 1 is 1.12 bits per heavy atom. The van der Waals surface area contributed by atoms with Gasteiger partial charge in [0, 0.05) is 24.1 Å². The van der Waals surface area contributed by atoms with Crippen LogP contribution in [0, 0.1) is 6.92 Å². The van der Waals surface area contributed by atoms with Crippen molar-refractivity contribution in [3.8, 4) is 0 Å². The summed E-state index contributed by atoms with van der Waals surface area (Å²) < 4.78 is 2.25. The number of benzene rings is 1. The van der Waals surface area contributed by atoms with E-state index in [4.69, 9.17) is 0 Å². The van der Waals surface area contributed by atoms with Crippen LogP contribution in [0.15, 0.2) is 42.6 Å². The molecule has 0 bridgehead atoms. The molecule has 0 saturated carbocycles. The Hall–Kier alpha value is -1.70. The van der Waals surface area contributed by atoms with E-state index in [-0.39, 0.29) is 0 Å². The number of nitrogens with zero attached hydrogens (tertiary/aromatic N) is 1. The number of rotatable bonds is 4. The molecule has 1 aromatic carbocycles. The lowest BCUT2D eigenvalue weighted by Gasteiger charge is -2.09. The highest BCUT2D eigenvalue weighted by Crippen LogP contribution is 2.11. The Morgan fingerprint density at radius 2 is 1.88 bits per heavy atom. The van der Waals surface area contributed by atoms with Crippen molar-refractivity contribution in [1.82, 2.24) is 4.57 Å². The van der Waals surface area contributed by atoms with E-state index in [2.05, 4.69) is 66.3 Å². The van der Waals surface area contributed by atoms with E-state index in [1.807, 2.05) is 0 Å². The molecule has 2 aromatic rings. The largest absolute Gasteiger partial charge is 0.379 e. The first-order chi connectivity index (χ1) is 7.79. The Kier molecular flexibility index (Phi) is 3.30. The molecular weight excluding hydrogens is 196 g/mol. The van der Waals surface area contributed by atoms with Crippen LogP contribution >= 0.6 is 0 Å². The van der Waals surface area contributed by atoms with Crippen LogP contribution in [0.1, 0.15) is 18.2 Å². The minimum Gasteiger partial charge on any atom is -0.379 e. The first kappa shape index (κ1) is 10.8. The Balaban J connectivity index is 1.99. The van der Waals surface area contributed by atoms with Gasteiger partial charge in [-0.05, 0) is 38.1 Å². The van der Waals surface area contributed by atoms with Crippen LogP contribution in [0.4, 0.5) is 5.69 Å². The Bertz CT molecular complexity index is 440. The molecule has 0 aliphatic rings. The van der Waals surface area contributed by atoms with Gasteiger partial charge in [0.25, 0.3) is 0 Å². The summed E-state index contributed by atoms with van der Waals surface area (Å²) in [6.07, 6.45) is 2.12. The third-order valence-corrected chi connectivity index (χ3v) is 2.79. The van der Waals surface area contributed by atoms with Gasteiger partial charge in [-0.25, -0.2) is 0 Å². The normalized spacial score (nSPS) is 10.4. The van der Waals surface area contributed by atoms with Crippen molar-refractivity contribution in [3.05, 3.63) is 53.9 Å². The van der Waals surface area contributed by atoms with Crippen molar-refractivity contribution in [1.29, 1.82) is 0 Å². The summed E-state index contributed by atoms with van der Waals surface area (Å²) in [4.78, 5) is 0. The molecule has 0 unspecified atom stereocenters. The zero-order valence-corrected chi connectivity index (χ0v) is 9.90. The van der Waals surface area contributed by atoms with E-state index >= 15 is 0 Å². The summed E-state index contributed by atoms with van der Waals surface area (Å²) in [5.41, 5.74) is 3.79. The molecule has 84 valence electrons. The van der Waals surface area contributed by atoms with Gasteiger partial charge in [0.2, 0.25) is 0 Å². The summed E-state index contributed by atoms with van der Waals surface area (Å²) >= 11 is 0. The molecule has 2 rings (SSSR count). The minimum atomic E-state index is 0.879. The highest BCUT2D eigenvalue weighted by Gasteiger charge is 1.98. The highest BCUT2D eigenvalue weighted by atomic mass is 15.0. The average molecular weight is 214 g/mol. The number of aryl methyl sites for hydroxylation is 2. The molecule has 0 amide bonds. The SMILES string of the molecule is CCn1cccc1CNc1ccc(C)cc1. The van der Waals surface area contributed by atoms with Gasteiger partial charge in [0.15, 0.2) is 0 Å². The Labute approximate surface area is 96.9 Å². The number of hydrogen-bond acceptors (Lipinski definition) is 1. The molecule has 1 aromatic heterocycles. The van der Waals surface area contributed by atoms with Crippen molar-refractivity contribution >= 4 is 5.69 Å². The van der Waals surface area contributed by atoms with E-state index in [1.54, 1.807) is 0 Å². The standard InChI is InChI=1S/C14H18N2/c1-3-16-10-4-5-14(16)11-15-13-8-6-12(2)7-9-13/h4-10,15H,3,11H2,1-2H3. The molecule has 1 heterocycles. The molecule has 0 spiro atoms. The molecule has 0 fully saturated rings. The van der Waals surface area contributed by atoms with Crippen molar-refractivity contribution in [3.63, 3.8) is 0 Å². The maximum atomic E-state index is 3.43. The van der Waals surface area contributed by atoms with Crippen LogP contribution in [-0.4, -0.2) is 4.57 Å². The van der Waals surface area contributed by atoms with E-state index in [1.165, 1.54) is 16.9 Å². The van der Waals surface area contributed by atoms with Crippen LogP contribution in [0.3, 0.4) is 0 Å². The summed E-state index contributed by atoms with van der Waals surface area (Å²) in [7, 11) is 0. The molecular formula is C14H18N2. The molecule has 0 aliphatic heterocycles. The molecule has 0 aliphatic carbocycles. The second-order valence-electron chi connectivity index (χ2n) is 4.01. The number of aromatic nitrogens is 1. The van der Waals surface area contributed by atoms with Crippen molar-refractivity contribution < 1.29 is 0 Å². The van der Waals surface area contributed by atoms with Crippen molar-refractivity contribution in [2.45, 2.75) is 26.9 Å². The van der Waals surface area contributed by atoms with Gasteiger partial charge in [-0.1, -0.05) is 17.7 Å². The summed E-state index contributed by atoms with van der Waals surface area (Å²) in [6, 6.07) is 12.7. The van der Waals surface area contributed by atoms with Gasteiger partial charge in [0.05, 0.1) is 6.54 Å². The van der Waals surface area contributed by atoms with Crippen LogP contribution in [0.25, 0.3) is 0 Å². The van der Waals surface area contributed by atoms with E-state index in [0.29, 0.717) is 0 Å². The lowest BCUT2D eigenvalue weighted by atomic mass is 10.2. The van der Waals surface area contributed by atoms with Gasteiger partial charge in [-0.15, -0.1) is 0 Å². The van der Waals surface area contributed by atoms with E-state index in [9.17, 15) is 0 Å². The van der Waals surface area contributed by atoms with Crippen LogP contribution in [-0.2, 0) is 13.1 Å². The summed E-state index contributed by atoms with van der Waals surface area (Å²) in [6.45, 7) is 6.17. The lowest BCUT2D eigenvalue weighted by molar-refractivity contribution is 0.724. The molecule has 16 heavy (non-hydrogen) atoms. The smallest absolute Gasteiger partial charge is 0.0553 e. The minimum absolute atomic E-state index is 0.879. The predicted molar refractivity (Wildman–Crippen MR) is 68.6 cm³/mol. The first-order valence-corrected chi connectivity index (χ1v) is 5.74. The average Bonchev–Trinajstić information content (AvgIpc) is 2.76. The van der Waals surface area contributed by atoms with Gasteiger partial charge in [-0.2, -0.15) is 0 Å². The van der Waals surface area contributed by atoms with Gasteiger partial charge >= 0.3 is 0 Å². The highest BCUT2D eigenvalue weighted by molar-refractivity contribution is 5.44. The fraction of sp³-hybridized carbons (Fsp3) is 0.286. The monoisotopic (exact) mass is 214 g/mol. The van der Waals surface area contributed by atoms with Crippen LogP contribution in [0.2, 0.25) is 0 Å². The molecule has 0 saturated heterocycles. The summed E-state index contributed by atoms with van der Waals surface area (Å²) in [5.74, 6) is 0. The zero-order valence-electron chi connectivity index (χ0n) is 9.90. The summed E-state index contributed by atoms with van der Waals surface area (Å²) in [5, 5.41) is 3.43. The van der Waals surface area contributed by atoms with Gasteiger partial charge in [0.1, 0.15) is 0 Å². The molecule has 2 nitrogen and oxygen atoms in total. The second-order valence-corrected chi connectivity index (χ2v) is 4.01. The third-order valence-electron chi connectivity index (χ3n) is 2.79. The number of anilines is 1. The number of hydrogen-bond donors (Lipinski definition) is 1. The maximum absolute atomic E-state index is 3.43. The van der Waals surface area contributed by atoms with Crippen molar-refractivity contribution in [2.24, 2.45) is 0 Å². The quantitative estimate of drug-likeness (QED) is 0.825. The molecule has 1 N–H and O–H groups in total. The second kappa shape index (κ2) is 4.88. The fourth-order valence-electron chi connectivity index (χ4n) is 1.78. The van der Waals surface area contributed by atoms with Crippen molar-refractivity contribution in [2.75, 3.05) is 5.32 Å². The topological polar surface area (TPSA) is 17.0 Å². The Morgan fingerprint density at radius 3 is 2.56 bits per heavy atom. The van der Waals surface area contributed by atoms with E-state index < -0.39 is 0 Å². The third kappa shape index (κ3) is 2.45. The van der Waals surface area contributed by atoms with E-state index in [0.717, 1.165) is 13.1 Å². The maximum Gasteiger partial charge on any atom is 0.0553 e. The molecule has 0 atom stereocenters. The van der Waals surface area contributed by atoms with Crippen LogP contribution in [0.5, 0.6) is 0 Å².